The molecule has 0 aliphatic carbocycles. The first kappa shape index (κ1) is 8.51. The van der Waals surface area contributed by atoms with Crippen LogP contribution in [0.3, 0.4) is 0 Å². The van der Waals surface area contributed by atoms with Gasteiger partial charge in [-0.15, -0.1) is 0 Å². The first-order valence-corrected chi connectivity index (χ1v) is 4.78. The van der Waals surface area contributed by atoms with Crippen molar-refractivity contribution < 1.29 is 4.74 Å². The minimum absolute atomic E-state index is 0.0300. The monoisotopic (exact) mass is 193 g/mol. The summed E-state index contributed by atoms with van der Waals surface area (Å²) in [4.78, 5) is 0. The lowest BCUT2D eigenvalue weighted by Crippen LogP contribution is -2.30. The van der Waals surface area contributed by atoms with E-state index in [0.29, 0.717) is 5.05 Å². The number of thiocarbonyl (C=S) groups is 1. The van der Waals surface area contributed by atoms with Crippen LogP contribution in [0.5, 0.6) is 0 Å². The van der Waals surface area contributed by atoms with Gasteiger partial charge in [-0.3, -0.25) is 0 Å². The number of hydrogen-bond donors (Lipinski definition) is 1. The van der Waals surface area contributed by atoms with Crippen molar-refractivity contribution >= 4 is 23.0 Å². The second-order valence-corrected chi connectivity index (χ2v) is 3.36. The first-order valence-electron chi connectivity index (χ1n) is 4.38. The molecule has 1 heterocycles. The van der Waals surface area contributed by atoms with Gasteiger partial charge in [-0.05, 0) is 24.4 Å². The van der Waals surface area contributed by atoms with Gasteiger partial charge in [0.25, 0.3) is 0 Å². The number of rotatable bonds is 1. The predicted octanol–water partition coefficient (Wildman–Crippen LogP) is 2.54. The molecule has 1 aliphatic rings. The highest BCUT2D eigenvalue weighted by atomic mass is 32.1. The van der Waals surface area contributed by atoms with Gasteiger partial charge in [0.05, 0.1) is 5.56 Å². The molecule has 0 fully saturated rings. The quantitative estimate of drug-likeness (QED) is 0.692. The number of benzene rings is 1. The standard InChI is InChI=1S/C10H11NOS/c1-2-9-11-8-6-4-3-5-7(8)10(13)12-9/h3-6,9,11H,2H2,1H3. The predicted molar refractivity (Wildman–Crippen MR) is 56.9 cm³/mol. The van der Waals surface area contributed by atoms with Crippen LogP contribution in [0.1, 0.15) is 18.9 Å². The van der Waals surface area contributed by atoms with Gasteiger partial charge < -0.3 is 10.1 Å². The summed E-state index contributed by atoms with van der Waals surface area (Å²) in [6, 6.07) is 7.94. The molecule has 2 nitrogen and oxygen atoms in total. The van der Waals surface area contributed by atoms with E-state index < -0.39 is 0 Å². The Kier molecular flexibility index (Phi) is 2.19. The molecule has 1 aromatic carbocycles. The van der Waals surface area contributed by atoms with Gasteiger partial charge in [0.15, 0.2) is 11.3 Å². The Hall–Kier alpha value is -1.09. The molecule has 3 heteroatoms. The van der Waals surface area contributed by atoms with Crippen LogP contribution in [0.2, 0.25) is 0 Å². The molecule has 1 aromatic rings. The van der Waals surface area contributed by atoms with Crippen molar-refractivity contribution in [2.24, 2.45) is 0 Å². The molecular weight excluding hydrogens is 182 g/mol. The first-order chi connectivity index (χ1) is 6.31. The molecule has 1 unspecified atom stereocenters. The molecule has 0 bridgehead atoms. The van der Waals surface area contributed by atoms with Crippen molar-refractivity contribution in [3.63, 3.8) is 0 Å². The van der Waals surface area contributed by atoms with Crippen LogP contribution in [0.4, 0.5) is 5.69 Å². The summed E-state index contributed by atoms with van der Waals surface area (Å²) in [6.07, 6.45) is 0.941. The Labute approximate surface area is 82.9 Å². The van der Waals surface area contributed by atoms with E-state index in [1.165, 1.54) is 0 Å². The van der Waals surface area contributed by atoms with Crippen LogP contribution in [-0.4, -0.2) is 11.3 Å². The molecule has 1 aliphatic heterocycles. The third-order valence-corrected chi connectivity index (χ3v) is 2.40. The Bertz CT molecular complexity index is 337. The molecule has 0 amide bonds. The molecular formula is C10H11NOS. The van der Waals surface area contributed by atoms with Crippen molar-refractivity contribution in [1.29, 1.82) is 0 Å². The molecule has 68 valence electrons. The maximum absolute atomic E-state index is 5.48. The topological polar surface area (TPSA) is 21.3 Å². The summed E-state index contributed by atoms with van der Waals surface area (Å²) < 4.78 is 5.48. The summed E-state index contributed by atoms with van der Waals surface area (Å²) in [5.74, 6) is 0. The Morgan fingerprint density at radius 2 is 2.23 bits per heavy atom. The molecule has 1 atom stereocenters. The molecule has 0 radical (unpaired) electrons. The molecule has 0 saturated carbocycles. The van der Waals surface area contributed by atoms with E-state index in [1.807, 2.05) is 24.3 Å². The molecule has 0 aromatic heterocycles. The Balaban J connectivity index is 2.37. The van der Waals surface area contributed by atoms with E-state index in [9.17, 15) is 0 Å². The minimum Gasteiger partial charge on any atom is -0.460 e. The summed E-state index contributed by atoms with van der Waals surface area (Å²) in [5.41, 5.74) is 2.06. The molecule has 2 rings (SSSR count). The fraction of sp³-hybridized carbons (Fsp3) is 0.300. The number of hydrogen-bond acceptors (Lipinski definition) is 3. The highest BCUT2D eigenvalue weighted by molar-refractivity contribution is 7.80. The lowest BCUT2D eigenvalue weighted by atomic mass is 10.1. The lowest BCUT2D eigenvalue weighted by molar-refractivity contribution is 0.214. The van der Waals surface area contributed by atoms with Gasteiger partial charge in [-0.2, -0.15) is 0 Å². The van der Waals surface area contributed by atoms with Gasteiger partial charge in [-0.25, -0.2) is 0 Å². The number of nitrogens with one attached hydrogen (secondary N) is 1. The smallest absolute Gasteiger partial charge is 0.195 e. The minimum atomic E-state index is 0.0300. The van der Waals surface area contributed by atoms with Crippen molar-refractivity contribution in [2.75, 3.05) is 5.32 Å². The van der Waals surface area contributed by atoms with E-state index in [2.05, 4.69) is 12.2 Å². The summed E-state index contributed by atoms with van der Waals surface area (Å²) >= 11 is 5.14. The van der Waals surface area contributed by atoms with Crippen LogP contribution in [0.25, 0.3) is 0 Å². The highest BCUT2D eigenvalue weighted by Crippen LogP contribution is 2.24. The Morgan fingerprint density at radius 1 is 1.46 bits per heavy atom. The van der Waals surface area contributed by atoms with Crippen LogP contribution in [0, 0.1) is 0 Å². The fourth-order valence-electron chi connectivity index (χ4n) is 1.37. The van der Waals surface area contributed by atoms with Crippen molar-refractivity contribution in [1.82, 2.24) is 0 Å². The zero-order valence-corrected chi connectivity index (χ0v) is 8.23. The summed E-state index contributed by atoms with van der Waals surface area (Å²) in [7, 11) is 0. The maximum Gasteiger partial charge on any atom is 0.195 e. The molecule has 0 saturated heterocycles. The van der Waals surface area contributed by atoms with Crippen LogP contribution in [0.15, 0.2) is 24.3 Å². The molecule has 0 spiro atoms. The second-order valence-electron chi connectivity index (χ2n) is 2.99. The van der Waals surface area contributed by atoms with Gasteiger partial charge in [0, 0.05) is 12.1 Å². The summed E-state index contributed by atoms with van der Waals surface area (Å²) in [5, 5.41) is 3.87. The normalized spacial score (nSPS) is 20.1. The number of anilines is 1. The van der Waals surface area contributed by atoms with E-state index in [4.69, 9.17) is 17.0 Å². The van der Waals surface area contributed by atoms with Gasteiger partial charge in [0.1, 0.15) is 0 Å². The van der Waals surface area contributed by atoms with E-state index >= 15 is 0 Å². The third kappa shape index (κ3) is 1.52. The van der Waals surface area contributed by atoms with E-state index in [1.54, 1.807) is 0 Å². The molecule has 13 heavy (non-hydrogen) atoms. The highest BCUT2D eigenvalue weighted by Gasteiger charge is 2.20. The average molecular weight is 193 g/mol. The lowest BCUT2D eigenvalue weighted by Gasteiger charge is -2.27. The van der Waals surface area contributed by atoms with E-state index in [-0.39, 0.29) is 6.23 Å². The van der Waals surface area contributed by atoms with Crippen molar-refractivity contribution in [3.05, 3.63) is 29.8 Å². The van der Waals surface area contributed by atoms with E-state index in [0.717, 1.165) is 17.7 Å². The Morgan fingerprint density at radius 3 is 3.00 bits per heavy atom. The second kappa shape index (κ2) is 3.34. The van der Waals surface area contributed by atoms with Gasteiger partial charge in [-0.1, -0.05) is 19.1 Å². The van der Waals surface area contributed by atoms with Crippen LogP contribution in [-0.2, 0) is 4.74 Å². The SMILES string of the molecule is CCC1Nc2ccccc2C(=S)O1. The van der Waals surface area contributed by atoms with Crippen molar-refractivity contribution in [3.8, 4) is 0 Å². The van der Waals surface area contributed by atoms with Gasteiger partial charge >= 0.3 is 0 Å². The average Bonchev–Trinajstić information content (AvgIpc) is 2.18. The maximum atomic E-state index is 5.48. The molecule has 1 N–H and O–H groups in total. The van der Waals surface area contributed by atoms with Crippen LogP contribution < -0.4 is 5.32 Å². The van der Waals surface area contributed by atoms with Gasteiger partial charge in [0.2, 0.25) is 0 Å². The fourth-order valence-corrected chi connectivity index (χ4v) is 1.66. The number of ether oxygens (including phenoxy) is 1. The van der Waals surface area contributed by atoms with Crippen molar-refractivity contribution in [2.45, 2.75) is 19.6 Å². The largest absolute Gasteiger partial charge is 0.460 e. The van der Waals surface area contributed by atoms with Crippen LogP contribution >= 0.6 is 12.2 Å². The zero-order valence-electron chi connectivity index (χ0n) is 7.41. The summed E-state index contributed by atoms with van der Waals surface area (Å²) in [6.45, 7) is 2.06. The number of fused-ring (bicyclic) bond motifs is 1. The number of para-hydroxylation sites is 1. The third-order valence-electron chi connectivity index (χ3n) is 2.08. The zero-order chi connectivity index (χ0) is 9.26.